The molecule has 0 aliphatic heterocycles. The number of benzene rings is 2. The molecule has 1 unspecified atom stereocenters. The Hall–Kier alpha value is -1.80. The minimum atomic E-state index is -0.411. The molecular weight excluding hydrogens is 320 g/mol. The van der Waals surface area contributed by atoms with E-state index in [2.05, 4.69) is 77.9 Å². The SMILES string of the molecule is CC(C)CC(O)COc1ccc(C(C)(C)c2ccc(C(C)C)cc2)cc1. The van der Waals surface area contributed by atoms with E-state index in [-0.39, 0.29) is 5.41 Å². The maximum absolute atomic E-state index is 9.95. The van der Waals surface area contributed by atoms with Gasteiger partial charge in [0, 0.05) is 5.41 Å². The molecule has 2 heteroatoms. The Morgan fingerprint density at radius 3 is 1.81 bits per heavy atom. The summed E-state index contributed by atoms with van der Waals surface area (Å²) in [6.07, 6.45) is 0.350. The summed E-state index contributed by atoms with van der Waals surface area (Å²) in [7, 11) is 0. The van der Waals surface area contributed by atoms with Gasteiger partial charge < -0.3 is 9.84 Å². The summed E-state index contributed by atoms with van der Waals surface area (Å²) in [5.41, 5.74) is 3.87. The molecule has 1 atom stereocenters. The van der Waals surface area contributed by atoms with Gasteiger partial charge in [0.25, 0.3) is 0 Å². The molecule has 0 saturated carbocycles. The van der Waals surface area contributed by atoms with Crippen LogP contribution in [0.25, 0.3) is 0 Å². The van der Waals surface area contributed by atoms with E-state index in [0.29, 0.717) is 18.4 Å². The monoisotopic (exact) mass is 354 g/mol. The number of aliphatic hydroxyl groups is 1. The second kappa shape index (κ2) is 8.73. The zero-order valence-corrected chi connectivity index (χ0v) is 17.1. The standard InChI is InChI=1S/C24H34O2/c1-17(2)15-22(25)16-26-23-13-11-21(12-14-23)24(5,6)20-9-7-19(8-10-20)18(3)4/h7-14,17-18,22,25H,15-16H2,1-6H3. The van der Waals surface area contributed by atoms with Crippen LogP contribution < -0.4 is 4.74 Å². The van der Waals surface area contributed by atoms with E-state index in [1.54, 1.807) is 0 Å². The molecule has 0 spiro atoms. The van der Waals surface area contributed by atoms with E-state index in [4.69, 9.17) is 4.74 Å². The second-order valence-corrected chi connectivity index (χ2v) is 8.52. The summed E-state index contributed by atoms with van der Waals surface area (Å²) in [5, 5.41) is 9.95. The van der Waals surface area contributed by atoms with Crippen LogP contribution in [0.2, 0.25) is 0 Å². The topological polar surface area (TPSA) is 29.5 Å². The molecule has 0 fully saturated rings. The van der Waals surface area contributed by atoms with Gasteiger partial charge in [0.1, 0.15) is 12.4 Å². The molecular formula is C24H34O2. The summed E-state index contributed by atoms with van der Waals surface area (Å²) < 4.78 is 5.73. The molecule has 142 valence electrons. The average Bonchev–Trinajstić information content (AvgIpc) is 2.60. The van der Waals surface area contributed by atoms with E-state index in [9.17, 15) is 5.11 Å². The quantitative estimate of drug-likeness (QED) is 0.637. The fourth-order valence-electron chi connectivity index (χ4n) is 3.22. The van der Waals surface area contributed by atoms with Crippen LogP contribution in [-0.2, 0) is 5.41 Å². The van der Waals surface area contributed by atoms with Gasteiger partial charge in [-0.25, -0.2) is 0 Å². The predicted molar refractivity (Wildman–Crippen MR) is 110 cm³/mol. The van der Waals surface area contributed by atoms with E-state index in [1.165, 1.54) is 16.7 Å². The minimum absolute atomic E-state index is 0.0643. The van der Waals surface area contributed by atoms with Crippen molar-refractivity contribution in [2.24, 2.45) is 5.92 Å². The van der Waals surface area contributed by atoms with Gasteiger partial charge in [-0.2, -0.15) is 0 Å². The number of aliphatic hydroxyl groups excluding tert-OH is 1. The Balaban J connectivity index is 2.06. The lowest BCUT2D eigenvalue weighted by molar-refractivity contribution is 0.0892. The lowest BCUT2D eigenvalue weighted by atomic mass is 9.77. The Morgan fingerprint density at radius 1 is 0.846 bits per heavy atom. The Kier molecular flexibility index (Phi) is 6.88. The number of hydrogen-bond donors (Lipinski definition) is 1. The van der Waals surface area contributed by atoms with Crippen LogP contribution in [0, 0.1) is 5.92 Å². The molecule has 2 nitrogen and oxygen atoms in total. The van der Waals surface area contributed by atoms with Crippen molar-refractivity contribution in [1.82, 2.24) is 0 Å². The van der Waals surface area contributed by atoms with Crippen LogP contribution in [0.1, 0.15) is 70.6 Å². The van der Waals surface area contributed by atoms with Crippen LogP contribution in [0.4, 0.5) is 0 Å². The summed E-state index contributed by atoms with van der Waals surface area (Å²) in [6, 6.07) is 17.2. The molecule has 0 aliphatic carbocycles. The third-order valence-electron chi connectivity index (χ3n) is 5.06. The minimum Gasteiger partial charge on any atom is -0.491 e. The van der Waals surface area contributed by atoms with Crippen molar-refractivity contribution < 1.29 is 9.84 Å². The molecule has 0 amide bonds. The normalized spacial score (nSPS) is 13.3. The van der Waals surface area contributed by atoms with Gasteiger partial charge in [-0.3, -0.25) is 0 Å². The molecule has 2 rings (SSSR count). The smallest absolute Gasteiger partial charge is 0.119 e. The first kappa shape index (κ1) is 20.5. The Labute approximate surface area is 159 Å². The molecule has 0 aliphatic rings. The van der Waals surface area contributed by atoms with Gasteiger partial charge in [-0.1, -0.05) is 77.9 Å². The predicted octanol–water partition coefficient (Wildman–Crippen LogP) is 5.92. The fourth-order valence-corrected chi connectivity index (χ4v) is 3.22. The first-order valence-electron chi connectivity index (χ1n) is 9.72. The van der Waals surface area contributed by atoms with E-state index in [1.807, 2.05) is 12.1 Å². The second-order valence-electron chi connectivity index (χ2n) is 8.52. The molecule has 0 heterocycles. The summed E-state index contributed by atoms with van der Waals surface area (Å²) in [6.45, 7) is 13.5. The van der Waals surface area contributed by atoms with E-state index >= 15 is 0 Å². The lowest BCUT2D eigenvalue weighted by Gasteiger charge is -2.27. The highest BCUT2D eigenvalue weighted by Gasteiger charge is 2.23. The van der Waals surface area contributed by atoms with Crippen molar-refractivity contribution in [1.29, 1.82) is 0 Å². The van der Waals surface area contributed by atoms with Gasteiger partial charge >= 0.3 is 0 Å². The zero-order valence-electron chi connectivity index (χ0n) is 17.1. The third kappa shape index (κ3) is 5.35. The van der Waals surface area contributed by atoms with Gasteiger partial charge in [-0.15, -0.1) is 0 Å². The molecule has 1 N–H and O–H groups in total. The fraction of sp³-hybridized carbons (Fsp3) is 0.500. The zero-order chi connectivity index (χ0) is 19.3. The molecule has 26 heavy (non-hydrogen) atoms. The Morgan fingerprint density at radius 2 is 1.35 bits per heavy atom. The lowest BCUT2D eigenvalue weighted by Crippen LogP contribution is -2.20. The van der Waals surface area contributed by atoms with Gasteiger partial charge in [0.15, 0.2) is 0 Å². The molecule has 2 aromatic rings. The van der Waals surface area contributed by atoms with Crippen molar-refractivity contribution in [2.45, 2.75) is 65.4 Å². The van der Waals surface area contributed by atoms with Crippen LogP contribution in [0.5, 0.6) is 5.75 Å². The molecule has 0 aromatic heterocycles. The van der Waals surface area contributed by atoms with Crippen LogP contribution in [0.15, 0.2) is 48.5 Å². The van der Waals surface area contributed by atoms with Crippen molar-refractivity contribution in [3.8, 4) is 5.75 Å². The molecule has 2 aromatic carbocycles. The van der Waals surface area contributed by atoms with Crippen LogP contribution in [0.3, 0.4) is 0 Å². The highest BCUT2D eigenvalue weighted by molar-refractivity contribution is 5.41. The van der Waals surface area contributed by atoms with E-state index < -0.39 is 6.10 Å². The molecule has 0 radical (unpaired) electrons. The van der Waals surface area contributed by atoms with Gasteiger partial charge in [0.2, 0.25) is 0 Å². The summed E-state index contributed by atoms with van der Waals surface area (Å²) in [5.74, 6) is 1.83. The first-order chi connectivity index (χ1) is 12.2. The van der Waals surface area contributed by atoms with E-state index in [0.717, 1.165) is 12.2 Å². The molecule has 0 saturated heterocycles. The summed E-state index contributed by atoms with van der Waals surface area (Å²) in [4.78, 5) is 0. The third-order valence-corrected chi connectivity index (χ3v) is 5.06. The average molecular weight is 355 g/mol. The van der Waals surface area contributed by atoms with Crippen molar-refractivity contribution >= 4 is 0 Å². The number of rotatable bonds is 8. The van der Waals surface area contributed by atoms with Crippen LogP contribution >= 0.6 is 0 Å². The van der Waals surface area contributed by atoms with Gasteiger partial charge in [0.05, 0.1) is 6.10 Å². The maximum atomic E-state index is 9.95. The first-order valence-corrected chi connectivity index (χ1v) is 9.72. The Bertz CT molecular complexity index is 666. The van der Waals surface area contributed by atoms with Crippen molar-refractivity contribution in [3.63, 3.8) is 0 Å². The largest absolute Gasteiger partial charge is 0.491 e. The van der Waals surface area contributed by atoms with Gasteiger partial charge in [-0.05, 0) is 47.1 Å². The van der Waals surface area contributed by atoms with Crippen molar-refractivity contribution in [3.05, 3.63) is 65.2 Å². The van der Waals surface area contributed by atoms with Crippen LogP contribution in [-0.4, -0.2) is 17.8 Å². The highest BCUT2D eigenvalue weighted by atomic mass is 16.5. The number of ether oxygens (including phenoxy) is 1. The van der Waals surface area contributed by atoms with Crippen molar-refractivity contribution in [2.75, 3.05) is 6.61 Å². The summed E-state index contributed by atoms with van der Waals surface area (Å²) >= 11 is 0. The molecule has 0 bridgehead atoms. The maximum Gasteiger partial charge on any atom is 0.119 e. The number of hydrogen-bond acceptors (Lipinski definition) is 2. The highest BCUT2D eigenvalue weighted by Crippen LogP contribution is 2.33.